The second kappa shape index (κ2) is 9.55. The van der Waals surface area contributed by atoms with Crippen molar-refractivity contribution in [3.8, 4) is 5.75 Å². The van der Waals surface area contributed by atoms with Gasteiger partial charge in [0.15, 0.2) is 22.9 Å². The molecule has 6 nitrogen and oxygen atoms in total. The summed E-state index contributed by atoms with van der Waals surface area (Å²) < 4.78 is 11.2. The van der Waals surface area contributed by atoms with Crippen LogP contribution in [0.25, 0.3) is 11.0 Å². The van der Waals surface area contributed by atoms with Crippen LogP contribution in [0.4, 0.5) is 0 Å². The smallest absolute Gasteiger partial charge is 0.290 e. The number of carbonyl (C=O) groups excluding carboxylic acids is 2. The molecule has 7 heteroatoms. The van der Waals surface area contributed by atoms with E-state index in [1.165, 1.54) is 7.11 Å². The fourth-order valence-electron chi connectivity index (χ4n) is 4.34. The highest BCUT2D eigenvalue weighted by atomic mass is 35.5. The average molecular weight is 482 g/mol. The number of aliphatic hydroxyl groups excluding tert-OH is 1. The number of aliphatic hydroxyl groups is 1. The Morgan fingerprint density at radius 3 is 2.53 bits per heavy atom. The Bertz CT molecular complexity index is 1270. The summed E-state index contributed by atoms with van der Waals surface area (Å²) in [6.45, 7) is 6.66. The largest absolute Gasteiger partial charge is 0.503 e. The minimum Gasteiger partial charge on any atom is -0.503 e. The number of ether oxygens (including phenoxy) is 1. The van der Waals surface area contributed by atoms with E-state index in [0.717, 1.165) is 24.0 Å². The van der Waals surface area contributed by atoms with Crippen LogP contribution in [0.5, 0.6) is 5.75 Å². The van der Waals surface area contributed by atoms with Crippen LogP contribution < -0.4 is 4.74 Å². The van der Waals surface area contributed by atoms with Gasteiger partial charge in [0, 0.05) is 23.0 Å². The van der Waals surface area contributed by atoms with E-state index in [1.54, 1.807) is 23.1 Å². The number of ketones is 1. The van der Waals surface area contributed by atoms with Gasteiger partial charge >= 0.3 is 0 Å². The number of halogens is 1. The first kappa shape index (κ1) is 23.9. The summed E-state index contributed by atoms with van der Waals surface area (Å²) in [5.41, 5.74) is 2.30. The zero-order valence-electron chi connectivity index (χ0n) is 19.7. The molecule has 0 aliphatic carbocycles. The molecular weight excluding hydrogens is 454 g/mol. The third-order valence-electron chi connectivity index (χ3n) is 6.21. The number of benzene rings is 2. The fourth-order valence-corrected chi connectivity index (χ4v) is 4.55. The number of fused-ring (bicyclic) bond motifs is 1. The Morgan fingerprint density at radius 1 is 1.21 bits per heavy atom. The molecule has 1 aliphatic heterocycles. The second-order valence-corrected chi connectivity index (χ2v) is 9.24. The third-order valence-corrected chi connectivity index (χ3v) is 6.43. The molecule has 1 aliphatic rings. The van der Waals surface area contributed by atoms with Crippen LogP contribution in [-0.2, 0) is 4.79 Å². The number of unbranched alkanes of at least 4 members (excludes halogenated alkanes) is 1. The predicted molar refractivity (Wildman–Crippen MR) is 132 cm³/mol. The topological polar surface area (TPSA) is 80.0 Å². The number of hydrogen-bond donors (Lipinski definition) is 1. The van der Waals surface area contributed by atoms with Crippen molar-refractivity contribution in [3.05, 3.63) is 75.7 Å². The fraction of sp³-hybridized carbons (Fsp3) is 0.333. The molecule has 1 aromatic heterocycles. The van der Waals surface area contributed by atoms with E-state index < -0.39 is 23.5 Å². The molecule has 0 radical (unpaired) electrons. The van der Waals surface area contributed by atoms with Crippen molar-refractivity contribution in [2.45, 2.75) is 45.6 Å². The van der Waals surface area contributed by atoms with Crippen LogP contribution >= 0.6 is 11.6 Å². The lowest BCUT2D eigenvalue weighted by atomic mass is 9.93. The Hall–Kier alpha value is -3.25. The molecule has 0 saturated carbocycles. The van der Waals surface area contributed by atoms with Gasteiger partial charge in [-0.25, -0.2) is 0 Å². The van der Waals surface area contributed by atoms with Crippen LogP contribution in [0.15, 0.2) is 58.2 Å². The lowest BCUT2D eigenvalue weighted by Crippen LogP contribution is -2.32. The SMILES string of the molecule is CCCCN1C(=O)C(O)=C(C(=O)c2cc3cc(Cl)cc(OC)c3o2)C1c1ccc(C(C)C)cc1. The van der Waals surface area contributed by atoms with E-state index in [4.69, 9.17) is 20.8 Å². The summed E-state index contributed by atoms with van der Waals surface area (Å²) in [6.07, 6.45) is 1.62. The number of carbonyl (C=O) groups is 2. The highest BCUT2D eigenvalue weighted by Crippen LogP contribution is 2.41. The second-order valence-electron chi connectivity index (χ2n) is 8.80. The lowest BCUT2D eigenvalue weighted by molar-refractivity contribution is -0.129. The molecule has 178 valence electrons. The minimum atomic E-state index is -0.702. The van der Waals surface area contributed by atoms with Crippen molar-refractivity contribution in [3.63, 3.8) is 0 Å². The summed E-state index contributed by atoms with van der Waals surface area (Å²) in [4.78, 5) is 28.3. The molecule has 0 fully saturated rings. The van der Waals surface area contributed by atoms with E-state index in [1.807, 2.05) is 31.2 Å². The number of methoxy groups -OCH3 is 1. The predicted octanol–water partition coefficient (Wildman–Crippen LogP) is 6.60. The molecular formula is C27H28ClNO5. The highest BCUT2D eigenvalue weighted by molar-refractivity contribution is 6.31. The van der Waals surface area contributed by atoms with Crippen LogP contribution in [0.3, 0.4) is 0 Å². The van der Waals surface area contributed by atoms with Gasteiger partial charge in [-0.3, -0.25) is 9.59 Å². The van der Waals surface area contributed by atoms with Crippen molar-refractivity contribution < 1.29 is 23.8 Å². The third kappa shape index (κ3) is 4.18. The zero-order chi connectivity index (χ0) is 24.6. The molecule has 0 saturated heterocycles. The first-order valence-electron chi connectivity index (χ1n) is 11.4. The van der Waals surface area contributed by atoms with Gasteiger partial charge in [0.1, 0.15) is 0 Å². The van der Waals surface area contributed by atoms with Crippen LogP contribution in [-0.4, -0.2) is 35.4 Å². The summed E-state index contributed by atoms with van der Waals surface area (Å²) in [7, 11) is 1.49. The van der Waals surface area contributed by atoms with E-state index in [9.17, 15) is 14.7 Å². The number of Topliss-reactive ketones (excluding diaryl/α,β-unsaturated/α-hetero) is 1. The molecule has 0 spiro atoms. The number of rotatable bonds is 8. The molecule has 2 aromatic carbocycles. The van der Waals surface area contributed by atoms with Gasteiger partial charge in [-0.05, 0) is 35.6 Å². The number of nitrogens with zero attached hydrogens (tertiary/aromatic N) is 1. The first-order chi connectivity index (χ1) is 16.3. The van der Waals surface area contributed by atoms with E-state index >= 15 is 0 Å². The Morgan fingerprint density at radius 2 is 1.91 bits per heavy atom. The number of hydrogen-bond acceptors (Lipinski definition) is 5. The van der Waals surface area contributed by atoms with Gasteiger partial charge in [0.05, 0.1) is 18.7 Å². The number of amides is 1. The van der Waals surface area contributed by atoms with Crippen molar-refractivity contribution in [1.29, 1.82) is 0 Å². The van der Waals surface area contributed by atoms with Crippen LogP contribution in [0, 0.1) is 0 Å². The Kier molecular flexibility index (Phi) is 6.71. The van der Waals surface area contributed by atoms with Gasteiger partial charge in [-0.15, -0.1) is 0 Å². The van der Waals surface area contributed by atoms with Gasteiger partial charge in [0.25, 0.3) is 5.91 Å². The van der Waals surface area contributed by atoms with Gasteiger partial charge in [-0.1, -0.05) is 63.1 Å². The van der Waals surface area contributed by atoms with Gasteiger partial charge < -0.3 is 19.2 Å². The zero-order valence-corrected chi connectivity index (χ0v) is 20.5. The van der Waals surface area contributed by atoms with Crippen molar-refractivity contribution >= 4 is 34.3 Å². The van der Waals surface area contributed by atoms with E-state index in [-0.39, 0.29) is 11.3 Å². The summed E-state index contributed by atoms with van der Waals surface area (Å²) in [6, 6.07) is 11.9. The monoisotopic (exact) mass is 481 g/mol. The first-order valence-corrected chi connectivity index (χ1v) is 11.8. The molecule has 1 atom stereocenters. The summed E-state index contributed by atoms with van der Waals surface area (Å²) in [5, 5.41) is 11.9. The van der Waals surface area contributed by atoms with Crippen molar-refractivity contribution in [2.24, 2.45) is 0 Å². The lowest BCUT2D eigenvalue weighted by Gasteiger charge is -2.27. The standard InChI is InChI=1S/C27H28ClNO5/c1-5-6-11-29-23(17-9-7-16(8-10-17)15(2)3)22(25(31)27(29)32)24(30)20-13-18-12-19(28)14-21(33-4)26(18)34-20/h7-10,12-15,23,31H,5-6,11H2,1-4H3. The molecule has 34 heavy (non-hydrogen) atoms. The number of furan rings is 1. The van der Waals surface area contributed by atoms with Crippen molar-refractivity contribution in [1.82, 2.24) is 4.90 Å². The maximum absolute atomic E-state index is 13.7. The van der Waals surface area contributed by atoms with Crippen molar-refractivity contribution in [2.75, 3.05) is 13.7 Å². The normalized spacial score (nSPS) is 16.2. The van der Waals surface area contributed by atoms with Gasteiger partial charge in [0.2, 0.25) is 5.78 Å². The highest BCUT2D eigenvalue weighted by Gasteiger charge is 2.44. The van der Waals surface area contributed by atoms with E-state index in [2.05, 4.69) is 13.8 Å². The molecule has 2 heterocycles. The maximum Gasteiger partial charge on any atom is 0.290 e. The summed E-state index contributed by atoms with van der Waals surface area (Å²) in [5.74, 6) is -0.885. The molecule has 4 rings (SSSR count). The maximum atomic E-state index is 13.7. The Balaban J connectivity index is 1.80. The molecule has 3 aromatic rings. The van der Waals surface area contributed by atoms with E-state index in [0.29, 0.717) is 34.2 Å². The molecule has 0 bridgehead atoms. The van der Waals surface area contributed by atoms with Gasteiger partial charge in [-0.2, -0.15) is 0 Å². The molecule has 1 N–H and O–H groups in total. The van der Waals surface area contributed by atoms with Crippen LogP contribution in [0.2, 0.25) is 5.02 Å². The molecule has 1 unspecified atom stereocenters. The average Bonchev–Trinajstić information content (AvgIpc) is 3.36. The Labute approximate surface area is 203 Å². The van der Waals surface area contributed by atoms with Crippen LogP contribution in [0.1, 0.15) is 67.3 Å². The summed E-state index contributed by atoms with van der Waals surface area (Å²) >= 11 is 6.16. The molecule has 1 amide bonds. The minimum absolute atomic E-state index is 0.00561. The quantitative estimate of drug-likeness (QED) is 0.367.